The van der Waals surface area contributed by atoms with Crippen LogP contribution in [0.3, 0.4) is 0 Å². The Kier molecular flexibility index (Phi) is 6.72. The topological polar surface area (TPSA) is 235 Å². The average Bonchev–Trinajstić information content (AvgIpc) is 3.52. The maximum atomic E-state index is 13.1. The molecule has 5 N–H and O–H groups in total. The number of nitro groups is 1. The first-order chi connectivity index (χ1) is 19.1. The van der Waals surface area contributed by atoms with E-state index in [0.29, 0.717) is 11.3 Å². The van der Waals surface area contributed by atoms with Crippen molar-refractivity contribution in [2.45, 2.75) is 31.3 Å². The Morgan fingerprint density at radius 3 is 2.73 bits per heavy atom. The van der Waals surface area contributed by atoms with Crippen LogP contribution in [-0.4, -0.2) is 77.5 Å². The number of anilines is 2. The molecule has 1 aromatic carbocycles. The summed E-state index contributed by atoms with van der Waals surface area (Å²) in [6, 6.07) is 3.87. The Bertz CT molecular complexity index is 1560. The van der Waals surface area contributed by atoms with E-state index in [1.807, 2.05) is 0 Å². The van der Waals surface area contributed by atoms with Gasteiger partial charge in [-0.3, -0.25) is 29.4 Å². The number of β-lactam (4-membered cyclic amide) rings is 1. The number of nitrogens with zero attached hydrogens (tertiary/aromatic N) is 6. The molecule has 0 bridgehead atoms. The monoisotopic (exact) mass is 568 g/mol. The highest BCUT2D eigenvalue weighted by Crippen LogP contribution is 2.38. The number of rotatable bonds is 7. The van der Waals surface area contributed by atoms with Crippen molar-refractivity contribution < 1.29 is 34.4 Å². The molecular formula is C23H20N8O8S. The van der Waals surface area contributed by atoms with Gasteiger partial charge in [-0.2, -0.15) is 9.36 Å². The number of carboxylic acids is 1. The zero-order valence-electron chi connectivity index (χ0n) is 20.4. The number of nitro benzene ring substituents is 1. The van der Waals surface area contributed by atoms with Crippen LogP contribution in [0.25, 0.3) is 0 Å². The fourth-order valence-corrected chi connectivity index (χ4v) is 5.38. The van der Waals surface area contributed by atoms with Gasteiger partial charge in [-0.05, 0) is 37.0 Å². The number of aromatic nitrogens is 2. The summed E-state index contributed by atoms with van der Waals surface area (Å²) in [6.45, 7) is 0.245. The van der Waals surface area contributed by atoms with Crippen LogP contribution in [0, 0.1) is 10.1 Å². The molecule has 3 amide bonds. The highest BCUT2D eigenvalue weighted by Gasteiger charge is 2.53. The average molecular weight is 569 g/mol. The number of benzene rings is 1. The number of non-ortho nitro benzene ring substituents is 1. The molecule has 2 atom stereocenters. The van der Waals surface area contributed by atoms with Gasteiger partial charge in [0.1, 0.15) is 11.7 Å². The fraction of sp³-hybridized carbons (Fsp3) is 0.261. The Morgan fingerprint density at radius 1 is 1.30 bits per heavy atom. The summed E-state index contributed by atoms with van der Waals surface area (Å²) >= 11 is 0.779. The number of nitrogens with two attached hydrogens (primary N) is 1. The number of allylic oxidation sites excluding steroid dienone is 2. The normalized spacial score (nSPS) is 21.9. The Labute approximate surface area is 228 Å². The summed E-state index contributed by atoms with van der Waals surface area (Å²) in [5.74, 6) is -3.66. The Morgan fingerprint density at radius 2 is 2.08 bits per heavy atom. The number of carbonyl (C=O) groups is 4. The summed E-state index contributed by atoms with van der Waals surface area (Å²) in [5.41, 5.74) is 5.39. The van der Waals surface area contributed by atoms with E-state index in [1.54, 1.807) is 6.07 Å². The number of carboxylic acid groups (broad SMARTS) is 1. The lowest BCUT2D eigenvalue weighted by Crippen LogP contribution is -2.72. The molecule has 0 unspecified atom stereocenters. The lowest BCUT2D eigenvalue weighted by molar-refractivity contribution is -0.384. The van der Waals surface area contributed by atoms with Gasteiger partial charge in [0.25, 0.3) is 23.4 Å². The van der Waals surface area contributed by atoms with Crippen molar-refractivity contribution in [3.8, 4) is 0 Å². The zero-order valence-corrected chi connectivity index (χ0v) is 21.2. The number of fused-ring (bicyclic) bond motifs is 1. The SMILES string of the molecule is Nc1nc(/C(=N/O)C(=O)N[C@H]2C(=O)N3C(C(=O)O)=C(/C=C4\CCN(c5cccc([N+](=O)[O-])c5)C4=O)CC[C@@H]23)ns1. The number of hydrogen-bond acceptors (Lipinski definition) is 12. The molecule has 16 nitrogen and oxygen atoms in total. The molecule has 17 heteroatoms. The highest BCUT2D eigenvalue weighted by molar-refractivity contribution is 7.09. The van der Waals surface area contributed by atoms with Gasteiger partial charge >= 0.3 is 5.97 Å². The van der Waals surface area contributed by atoms with Crippen molar-refractivity contribution >= 4 is 57.4 Å². The van der Waals surface area contributed by atoms with E-state index >= 15 is 0 Å². The first-order valence-corrected chi connectivity index (χ1v) is 12.6. The molecule has 0 spiro atoms. The summed E-state index contributed by atoms with van der Waals surface area (Å²) in [7, 11) is 0. The first-order valence-electron chi connectivity index (χ1n) is 11.8. The predicted molar refractivity (Wildman–Crippen MR) is 137 cm³/mol. The third-order valence-electron chi connectivity index (χ3n) is 6.76. The molecule has 206 valence electrons. The summed E-state index contributed by atoms with van der Waals surface area (Å²) in [6.07, 6.45) is 2.20. The molecule has 0 aliphatic carbocycles. The number of aliphatic carboxylic acids is 1. The predicted octanol–water partition coefficient (Wildman–Crippen LogP) is 0.398. The molecule has 2 fully saturated rings. The maximum absolute atomic E-state index is 13.1. The Hall–Kier alpha value is -5.19. The van der Waals surface area contributed by atoms with Crippen LogP contribution in [0.2, 0.25) is 0 Å². The molecule has 1 aromatic heterocycles. The van der Waals surface area contributed by atoms with Crippen molar-refractivity contribution in [3.05, 3.63) is 63.1 Å². The molecule has 2 aromatic rings. The van der Waals surface area contributed by atoms with E-state index in [4.69, 9.17) is 5.73 Å². The van der Waals surface area contributed by atoms with Gasteiger partial charge in [-0.25, -0.2) is 4.79 Å². The number of nitrogen functional groups attached to an aromatic ring is 1. The maximum Gasteiger partial charge on any atom is 0.352 e. The molecule has 4 heterocycles. The third kappa shape index (κ3) is 4.51. The van der Waals surface area contributed by atoms with Crippen molar-refractivity contribution in [3.63, 3.8) is 0 Å². The molecule has 2 saturated heterocycles. The van der Waals surface area contributed by atoms with Crippen LogP contribution < -0.4 is 16.0 Å². The number of hydrogen-bond donors (Lipinski definition) is 4. The standard InChI is InChI=1S/C23H20N8O8S/c24-23-26-18(28-40-23)16(27-37)19(32)25-15-14-5-4-10(17(22(35)36)30(14)21(15)34)8-11-6-7-29(20(11)33)12-2-1-3-13(9-12)31(38)39/h1-3,8-9,14-15,37H,4-7H2,(H,25,32)(H,35,36)(H2,24,26,28)/b11-8+,27-16-/t14-,15+/m0/s1. The van der Waals surface area contributed by atoms with E-state index in [2.05, 4.69) is 19.8 Å². The van der Waals surface area contributed by atoms with Crippen molar-refractivity contribution in [1.82, 2.24) is 19.6 Å². The van der Waals surface area contributed by atoms with Gasteiger partial charge in [-0.1, -0.05) is 11.2 Å². The number of amides is 3. The summed E-state index contributed by atoms with van der Waals surface area (Å²) in [4.78, 5) is 67.7. The number of oxime groups is 1. The fourth-order valence-electron chi connectivity index (χ4n) is 4.94. The van der Waals surface area contributed by atoms with E-state index in [-0.39, 0.29) is 53.7 Å². The van der Waals surface area contributed by atoms with E-state index in [0.717, 1.165) is 16.4 Å². The molecule has 5 rings (SSSR count). The summed E-state index contributed by atoms with van der Waals surface area (Å²) < 4.78 is 3.80. The zero-order chi connectivity index (χ0) is 28.7. The van der Waals surface area contributed by atoms with Crippen molar-refractivity contribution in [2.75, 3.05) is 17.2 Å². The summed E-state index contributed by atoms with van der Waals surface area (Å²) in [5, 5.41) is 35.7. The van der Waals surface area contributed by atoms with Gasteiger partial charge in [0.2, 0.25) is 11.5 Å². The highest BCUT2D eigenvalue weighted by atomic mass is 32.1. The van der Waals surface area contributed by atoms with Crippen molar-refractivity contribution in [2.24, 2.45) is 5.16 Å². The van der Waals surface area contributed by atoms with Crippen LogP contribution in [0.5, 0.6) is 0 Å². The van der Waals surface area contributed by atoms with Gasteiger partial charge < -0.3 is 26.3 Å². The van der Waals surface area contributed by atoms with Gasteiger partial charge in [0.15, 0.2) is 5.13 Å². The Balaban J connectivity index is 1.35. The number of carbonyl (C=O) groups excluding carboxylic acids is 3. The first kappa shape index (κ1) is 26.4. The molecule has 0 saturated carbocycles. The molecular weight excluding hydrogens is 548 g/mol. The lowest BCUT2D eigenvalue weighted by Gasteiger charge is -2.50. The molecule has 0 radical (unpaired) electrons. The minimum atomic E-state index is -1.38. The minimum Gasteiger partial charge on any atom is -0.477 e. The van der Waals surface area contributed by atoms with Gasteiger partial charge in [0.05, 0.1) is 16.7 Å². The minimum absolute atomic E-state index is 0.0361. The molecule has 3 aliphatic heterocycles. The lowest BCUT2D eigenvalue weighted by atomic mass is 9.83. The van der Waals surface area contributed by atoms with Gasteiger partial charge in [-0.15, -0.1) is 0 Å². The van der Waals surface area contributed by atoms with Crippen LogP contribution >= 0.6 is 11.5 Å². The van der Waals surface area contributed by atoms with Crippen LogP contribution in [0.4, 0.5) is 16.5 Å². The smallest absolute Gasteiger partial charge is 0.352 e. The van der Waals surface area contributed by atoms with Crippen LogP contribution in [0.1, 0.15) is 25.1 Å². The second-order valence-electron chi connectivity index (χ2n) is 9.00. The van der Waals surface area contributed by atoms with E-state index in [9.17, 15) is 39.6 Å². The van der Waals surface area contributed by atoms with E-state index in [1.165, 1.54) is 29.2 Å². The van der Waals surface area contributed by atoms with Crippen LogP contribution in [-0.2, 0) is 19.2 Å². The third-order valence-corrected chi connectivity index (χ3v) is 7.30. The molecule has 3 aliphatic rings. The quantitative estimate of drug-likeness (QED) is 0.0890. The van der Waals surface area contributed by atoms with Crippen molar-refractivity contribution in [1.29, 1.82) is 0 Å². The second kappa shape index (κ2) is 10.2. The van der Waals surface area contributed by atoms with Gasteiger partial charge in [0, 0.05) is 35.8 Å². The number of nitrogens with one attached hydrogen (secondary N) is 1. The van der Waals surface area contributed by atoms with Crippen LogP contribution in [0.15, 0.2) is 52.3 Å². The second-order valence-corrected chi connectivity index (χ2v) is 9.79. The molecule has 40 heavy (non-hydrogen) atoms. The largest absolute Gasteiger partial charge is 0.477 e. The van der Waals surface area contributed by atoms with E-state index < -0.39 is 46.4 Å².